The van der Waals surface area contributed by atoms with Crippen molar-refractivity contribution < 1.29 is 37.7 Å². The molecule has 5 N–H and O–H groups in total. The second-order valence-electron chi connectivity index (χ2n) is 10.8. The number of ether oxygens (including phenoxy) is 3. The number of carbonyl (C=O) groups is 2. The van der Waals surface area contributed by atoms with Crippen LogP contribution in [0.5, 0.6) is 0 Å². The smallest absolute Gasteiger partial charge is 0.407 e. The number of halogens is 2. The molecule has 1 aliphatic heterocycles. The number of alkyl halides is 2. The largest absolute Gasteiger partial charge is 0.447 e. The van der Waals surface area contributed by atoms with Crippen LogP contribution in [0.15, 0.2) is 77.8 Å². The van der Waals surface area contributed by atoms with Gasteiger partial charge in [-0.25, -0.2) is 9.59 Å². The van der Waals surface area contributed by atoms with E-state index in [1.165, 1.54) is 0 Å². The Morgan fingerprint density at radius 1 is 1.00 bits per heavy atom. The van der Waals surface area contributed by atoms with Gasteiger partial charge < -0.3 is 35.7 Å². The second kappa shape index (κ2) is 23.2. The minimum Gasteiger partial charge on any atom is -0.447 e. The zero-order chi connectivity index (χ0) is 35.0. The van der Waals surface area contributed by atoms with Gasteiger partial charge in [-0.1, -0.05) is 67.7 Å². The first-order valence-electron chi connectivity index (χ1n) is 16.2. The van der Waals surface area contributed by atoms with E-state index < -0.39 is 42.7 Å². The minimum atomic E-state index is -3.86. The van der Waals surface area contributed by atoms with Crippen LogP contribution in [0.25, 0.3) is 0 Å². The third kappa shape index (κ3) is 15.6. The number of nitrogens with two attached hydrogens (primary N) is 1. The van der Waals surface area contributed by atoms with E-state index in [2.05, 4.69) is 83.3 Å². The molecule has 1 aromatic heterocycles. The van der Waals surface area contributed by atoms with Gasteiger partial charge in [0.25, 0.3) is 0 Å². The first kappa shape index (κ1) is 40.0. The average Bonchev–Trinajstić information content (AvgIpc) is 3.28. The summed E-state index contributed by atoms with van der Waals surface area (Å²) in [6, 6.07) is 1.14. The number of nitrogen functional groups attached to an aromatic ring is 1. The van der Waals surface area contributed by atoms with E-state index in [1.54, 1.807) is 0 Å². The number of carbonyl (C=O) groups excluding carboxylic acids is 2. The summed E-state index contributed by atoms with van der Waals surface area (Å²) >= 11 is 0. The molecule has 0 bridgehead atoms. The van der Waals surface area contributed by atoms with Crippen LogP contribution in [0.3, 0.4) is 0 Å². The Morgan fingerprint density at radius 2 is 1.58 bits per heavy atom. The Morgan fingerprint density at radius 3 is 2.19 bits per heavy atom. The summed E-state index contributed by atoms with van der Waals surface area (Å²) in [6.45, 7) is 2.15. The number of allylic oxidation sites excluding steroid dienone is 10. The summed E-state index contributed by atoms with van der Waals surface area (Å²) in [5.74, 6) is -4.09. The van der Waals surface area contributed by atoms with Crippen LogP contribution in [0.2, 0.25) is 0 Å². The molecule has 1 saturated heterocycles. The molecule has 1 aliphatic rings. The maximum atomic E-state index is 14.5. The van der Waals surface area contributed by atoms with Gasteiger partial charge in [-0.3, -0.25) is 9.36 Å². The van der Waals surface area contributed by atoms with Gasteiger partial charge in [0.15, 0.2) is 6.10 Å². The molecule has 0 aliphatic carbocycles. The lowest BCUT2D eigenvalue weighted by molar-refractivity contribution is -0.140. The monoisotopic (exact) mass is 677 g/mol. The van der Waals surface area contributed by atoms with Crippen molar-refractivity contribution in [2.24, 2.45) is 0 Å². The van der Waals surface area contributed by atoms with Crippen LogP contribution in [-0.2, 0) is 19.0 Å². The summed E-state index contributed by atoms with van der Waals surface area (Å²) in [6.07, 6.45) is 22.1. The molecule has 0 aromatic carbocycles. The molecule has 14 heteroatoms. The molecule has 266 valence electrons. The molecule has 12 nitrogen and oxygen atoms in total. The molecular formula is C34H49F2N5O7. The van der Waals surface area contributed by atoms with Crippen LogP contribution >= 0.6 is 0 Å². The highest BCUT2D eigenvalue weighted by atomic mass is 19.3. The maximum Gasteiger partial charge on any atom is 0.407 e. The lowest BCUT2D eigenvalue weighted by Gasteiger charge is -2.20. The van der Waals surface area contributed by atoms with Crippen LogP contribution in [0, 0.1) is 0 Å². The van der Waals surface area contributed by atoms with Crippen molar-refractivity contribution in [3.63, 3.8) is 0 Å². The van der Waals surface area contributed by atoms with E-state index in [1.807, 2.05) is 0 Å². The molecule has 2 heterocycles. The molecule has 3 atom stereocenters. The van der Waals surface area contributed by atoms with Crippen molar-refractivity contribution in [3.05, 3.63) is 83.5 Å². The van der Waals surface area contributed by atoms with Crippen molar-refractivity contribution in [1.29, 1.82) is 0 Å². The minimum absolute atomic E-state index is 0.0550. The highest BCUT2D eigenvalue weighted by Gasteiger charge is 2.60. The number of unbranched alkanes of at least 4 members (excludes halogenated alkanes) is 1. The summed E-state index contributed by atoms with van der Waals surface area (Å²) in [4.78, 5) is 39.2. The normalized spacial score (nSPS) is 19.4. The number of nitrogens with one attached hydrogen (secondary N) is 2. The summed E-state index contributed by atoms with van der Waals surface area (Å²) < 4.78 is 45.0. The van der Waals surface area contributed by atoms with Gasteiger partial charge in [0.2, 0.25) is 12.1 Å². The molecule has 1 fully saturated rings. The number of amides is 2. The highest BCUT2D eigenvalue weighted by Crippen LogP contribution is 2.42. The molecule has 0 spiro atoms. The third-order valence-corrected chi connectivity index (χ3v) is 6.88. The zero-order valence-electron chi connectivity index (χ0n) is 27.5. The number of hydrogen-bond acceptors (Lipinski definition) is 9. The summed E-state index contributed by atoms with van der Waals surface area (Å²) in [5, 5.41) is 15.1. The van der Waals surface area contributed by atoms with Crippen LogP contribution in [0.1, 0.15) is 64.5 Å². The van der Waals surface area contributed by atoms with Gasteiger partial charge in [-0.2, -0.15) is 13.8 Å². The first-order chi connectivity index (χ1) is 23.2. The molecule has 1 aromatic rings. The van der Waals surface area contributed by atoms with E-state index in [9.17, 15) is 28.3 Å². The molecule has 2 rings (SSSR count). The topological polar surface area (TPSA) is 167 Å². The summed E-state index contributed by atoms with van der Waals surface area (Å²) in [7, 11) is 0. The van der Waals surface area contributed by atoms with E-state index in [0.717, 1.165) is 57.2 Å². The van der Waals surface area contributed by atoms with Crippen LogP contribution in [-0.4, -0.2) is 77.7 Å². The fourth-order valence-corrected chi connectivity index (χ4v) is 4.35. The SMILES string of the molecule is CCC=CCC=CCC=CCC=CCC=CCCCC(=O)NCCOCCNC(=O)OCC1OC(n2ccc(N)nc2=O)C(F)(F)C1O. The van der Waals surface area contributed by atoms with Gasteiger partial charge in [-0.15, -0.1) is 0 Å². The number of rotatable bonds is 22. The lowest BCUT2D eigenvalue weighted by Crippen LogP contribution is -2.42. The van der Waals surface area contributed by atoms with E-state index in [-0.39, 0.29) is 31.5 Å². The molecule has 0 radical (unpaired) electrons. The van der Waals surface area contributed by atoms with Crippen molar-refractivity contribution >= 4 is 17.8 Å². The standard InChI is InChI=1S/C34H49F2N5O7/c1-2-3-4-5-6-7-8-9-10-11-12-13-14-15-16-17-18-19-29(42)38-21-24-46-25-22-39-33(45)47-26-27-30(43)34(35,36)31(48-27)41-23-20-28(37)40-32(41)44/h3-4,6-7,9-10,12-13,15-16,20,23,27,30-31,43H,2,5,8,11,14,17-19,21-22,24-26H2,1H3,(H,38,42)(H,39,45)(H2,37,40,44). The average molecular weight is 678 g/mol. The number of anilines is 1. The van der Waals surface area contributed by atoms with E-state index >= 15 is 0 Å². The molecule has 48 heavy (non-hydrogen) atoms. The van der Waals surface area contributed by atoms with E-state index in [4.69, 9.17) is 19.9 Å². The highest BCUT2D eigenvalue weighted by molar-refractivity contribution is 5.75. The number of alkyl carbamates (subject to hydrolysis) is 1. The van der Waals surface area contributed by atoms with Crippen LogP contribution < -0.4 is 22.1 Å². The first-order valence-corrected chi connectivity index (χ1v) is 16.2. The predicted molar refractivity (Wildman–Crippen MR) is 179 cm³/mol. The van der Waals surface area contributed by atoms with Gasteiger partial charge in [-0.05, 0) is 51.0 Å². The van der Waals surface area contributed by atoms with Crippen molar-refractivity contribution in [2.45, 2.75) is 82.6 Å². The van der Waals surface area contributed by atoms with Gasteiger partial charge in [0.1, 0.15) is 18.5 Å². The Bertz CT molecular complexity index is 1310. The third-order valence-electron chi connectivity index (χ3n) is 6.88. The second-order valence-corrected chi connectivity index (χ2v) is 10.8. The van der Waals surface area contributed by atoms with Gasteiger partial charge in [0, 0.05) is 25.7 Å². The maximum absolute atomic E-state index is 14.5. The molecular weight excluding hydrogens is 628 g/mol. The quantitative estimate of drug-likeness (QED) is 0.102. The number of nitrogens with zero attached hydrogens (tertiary/aromatic N) is 2. The number of aromatic nitrogens is 2. The number of aliphatic hydroxyl groups excluding tert-OH is 1. The Kier molecular flexibility index (Phi) is 19.4. The fourth-order valence-electron chi connectivity index (χ4n) is 4.35. The Labute approximate surface area is 280 Å². The summed E-state index contributed by atoms with van der Waals surface area (Å²) in [5.41, 5.74) is 4.29. The number of hydrogen-bond donors (Lipinski definition) is 4. The van der Waals surface area contributed by atoms with Crippen molar-refractivity contribution in [3.8, 4) is 0 Å². The van der Waals surface area contributed by atoms with Gasteiger partial charge >= 0.3 is 17.7 Å². The van der Waals surface area contributed by atoms with Crippen molar-refractivity contribution in [2.75, 3.05) is 38.6 Å². The Balaban J connectivity index is 1.45. The lowest BCUT2D eigenvalue weighted by atomic mass is 10.1. The molecule has 3 unspecified atom stereocenters. The number of aliphatic hydroxyl groups is 1. The van der Waals surface area contributed by atoms with Gasteiger partial charge in [0.05, 0.1) is 13.2 Å². The molecule has 0 saturated carbocycles. The zero-order valence-corrected chi connectivity index (χ0v) is 27.5. The predicted octanol–water partition coefficient (Wildman–Crippen LogP) is 4.50. The van der Waals surface area contributed by atoms with Crippen molar-refractivity contribution in [1.82, 2.24) is 20.2 Å². The van der Waals surface area contributed by atoms with Crippen LogP contribution in [0.4, 0.5) is 19.4 Å². The van der Waals surface area contributed by atoms with E-state index in [0.29, 0.717) is 17.5 Å². The molecule has 2 amide bonds. The fraction of sp³-hybridized carbons (Fsp3) is 0.529. The Hall–Kier alpha value is -4.14.